The third-order valence-electron chi connectivity index (χ3n) is 3.18. The molecule has 2 aromatic rings. The highest BCUT2D eigenvalue weighted by Gasteiger charge is 2.04. The molecule has 0 saturated heterocycles. The maximum atomic E-state index is 11.9. The molecule has 2 aromatic carbocycles. The number of anilines is 1. The van der Waals surface area contributed by atoms with E-state index in [1.807, 2.05) is 55.5 Å². The van der Waals surface area contributed by atoms with E-state index >= 15 is 0 Å². The van der Waals surface area contributed by atoms with Crippen molar-refractivity contribution in [3.05, 3.63) is 59.7 Å². The highest BCUT2D eigenvalue weighted by Crippen LogP contribution is 2.13. The number of carbonyl (C=O) groups is 1. The van der Waals surface area contributed by atoms with Gasteiger partial charge in [0.05, 0.1) is 0 Å². The summed E-state index contributed by atoms with van der Waals surface area (Å²) in [5.74, 6) is 0.530. The first-order valence-corrected chi connectivity index (χ1v) is 7.46. The summed E-state index contributed by atoms with van der Waals surface area (Å²) in [7, 11) is 0. The average Bonchev–Trinajstić information content (AvgIpc) is 2.53. The lowest BCUT2D eigenvalue weighted by molar-refractivity contribution is -0.118. The Morgan fingerprint density at radius 2 is 1.91 bits per heavy atom. The first-order valence-electron chi connectivity index (χ1n) is 7.46. The van der Waals surface area contributed by atoms with Crippen molar-refractivity contribution in [2.75, 3.05) is 18.5 Å². The Kier molecular flexibility index (Phi) is 5.98. The summed E-state index contributed by atoms with van der Waals surface area (Å²) in [6.45, 7) is 5.78. The van der Waals surface area contributed by atoms with E-state index in [9.17, 15) is 4.79 Å². The summed E-state index contributed by atoms with van der Waals surface area (Å²) in [4.78, 5) is 11.9. The van der Waals surface area contributed by atoms with Crippen molar-refractivity contribution < 1.29 is 9.53 Å². The predicted molar refractivity (Wildman–Crippen MR) is 89.1 cm³/mol. The van der Waals surface area contributed by atoms with Crippen LogP contribution in [0.3, 0.4) is 0 Å². The first kappa shape index (κ1) is 16.0. The predicted octanol–water partition coefficient (Wildman–Crippen LogP) is 3.12. The molecule has 22 heavy (non-hydrogen) atoms. The minimum atomic E-state index is -0.166. The van der Waals surface area contributed by atoms with Gasteiger partial charge in [-0.15, -0.1) is 0 Å². The molecule has 2 N–H and O–H groups in total. The maximum absolute atomic E-state index is 11.9. The van der Waals surface area contributed by atoms with Crippen LogP contribution < -0.4 is 15.4 Å². The smallest absolute Gasteiger partial charge is 0.262 e. The Balaban J connectivity index is 1.85. The lowest BCUT2D eigenvalue weighted by Gasteiger charge is -2.09. The van der Waals surface area contributed by atoms with Gasteiger partial charge in [-0.05, 0) is 43.3 Å². The summed E-state index contributed by atoms with van der Waals surface area (Å²) < 4.78 is 5.47. The molecule has 0 bridgehead atoms. The Bertz CT molecular complexity index is 609. The van der Waals surface area contributed by atoms with Crippen molar-refractivity contribution >= 4 is 11.6 Å². The van der Waals surface area contributed by atoms with Crippen molar-refractivity contribution in [1.29, 1.82) is 0 Å². The van der Waals surface area contributed by atoms with Gasteiger partial charge in [-0.2, -0.15) is 0 Å². The molecule has 0 saturated carbocycles. The normalized spacial score (nSPS) is 10.3. The number of rotatable bonds is 7. The zero-order valence-electron chi connectivity index (χ0n) is 13.1. The zero-order chi connectivity index (χ0) is 15.8. The number of aryl methyl sites for hydroxylation is 1. The molecule has 0 aliphatic rings. The van der Waals surface area contributed by atoms with Crippen LogP contribution in [0.15, 0.2) is 48.5 Å². The van der Waals surface area contributed by atoms with Gasteiger partial charge in [-0.1, -0.05) is 36.8 Å². The first-order chi connectivity index (χ1) is 10.7. The lowest BCUT2D eigenvalue weighted by Crippen LogP contribution is -2.20. The largest absolute Gasteiger partial charge is 0.484 e. The van der Waals surface area contributed by atoms with Crippen LogP contribution in [0.2, 0.25) is 0 Å². The van der Waals surface area contributed by atoms with E-state index < -0.39 is 0 Å². The second-order valence-corrected chi connectivity index (χ2v) is 5.13. The lowest BCUT2D eigenvalue weighted by atomic mass is 10.2. The van der Waals surface area contributed by atoms with Gasteiger partial charge in [0.1, 0.15) is 5.75 Å². The van der Waals surface area contributed by atoms with Gasteiger partial charge in [-0.25, -0.2) is 0 Å². The molecule has 116 valence electrons. The van der Waals surface area contributed by atoms with Crippen LogP contribution in [0.25, 0.3) is 0 Å². The molecule has 0 heterocycles. The van der Waals surface area contributed by atoms with Crippen LogP contribution in [-0.4, -0.2) is 19.1 Å². The van der Waals surface area contributed by atoms with E-state index in [1.54, 1.807) is 0 Å². The molecule has 0 aliphatic heterocycles. The molecule has 0 unspecified atom stereocenters. The molecular formula is C18H22N2O2. The summed E-state index contributed by atoms with van der Waals surface area (Å²) >= 11 is 0. The van der Waals surface area contributed by atoms with E-state index in [0.717, 1.165) is 29.9 Å². The van der Waals surface area contributed by atoms with Crippen molar-refractivity contribution in [1.82, 2.24) is 5.32 Å². The van der Waals surface area contributed by atoms with E-state index in [-0.39, 0.29) is 12.5 Å². The molecule has 0 aliphatic carbocycles. The minimum Gasteiger partial charge on any atom is -0.484 e. The summed E-state index contributed by atoms with van der Waals surface area (Å²) in [5.41, 5.74) is 3.08. The number of carbonyl (C=O) groups excluding carboxylic acids is 1. The van der Waals surface area contributed by atoms with E-state index in [4.69, 9.17) is 4.74 Å². The molecule has 4 nitrogen and oxygen atoms in total. The molecule has 0 radical (unpaired) electrons. The summed E-state index contributed by atoms with van der Waals surface area (Å²) in [5, 5.41) is 6.11. The highest BCUT2D eigenvalue weighted by molar-refractivity contribution is 5.91. The summed E-state index contributed by atoms with van der Waals surface area (Å²) in [6, 6.07) is 15.4. The number of hydrogen-bond acceptors (Lipinski definition) is 3. The Morgan fingerprint density at radius 3 is 2.64 bits per heavy atom. The van der Waals surface area contributed by atoms with Gasteiger partial charge in [0.2, 0.25) is 0 Å². The van der Waals surface area contributed by atoms with Gasteiger partial charge in [0, 0.05) is 12.2 Å². The molecule has 2 rings (SSSR count). The highest BCUT2D eigenvalue weighted by atomic mass is 16.5. The van der Waals surface area contributed by atoms with Crippen molar-refractivity contribution in [2.24, 2.45) is 0 Å². The van der Waals surface area contributed by atoms with Crippen molar-refractivity contribution in [2.45, 2.75) is 20.4 Å². The number of amides is 1. The van der Waals surface area contributed by atoms with Gasteiger partial charge in [0.25, 0.3) is 5.91 Å². The van der Waals surface area contributed by atoms with Gasteiger partial charge in [0.15, 0.2) is 6.61 Å². The SMILES string of the molecule is CCNCc1cccc(NC(=O)COc2ccc(C)cc2)c1. The van der Waals surface area contributed by atoms with Crippen molar-refractivity contribution in [3.63, 3.8) is 0 Å². The van der Waals surface area contributed by atoms with E-state index in [1.165, 1.54) is 0 Å². The maximum Gasteiger partial charge on any atom is 0.262 e. The van der Waals surface area contributed by atoms with Crippen LogP contribution >= 0.6 is 0 Å². The van der Waals surface area contributed by atoms with Crippen LogP contribution in [-0.2, 0) is 11.3 Å². The summed E-state index contributed by atoms with van der Waals surface area (Å²) in [6.07, 6.45) is 0. The van der Waals surface area contributed by atoms with Gasteiger partial charge >= 0.3 is 0 Å². The van der Waals surface area contributed by atoms with Crippen LogP contribution in [0, 0.1) is 6.92 Å². The van der Waals surface area contributed by atoms with Crippen LogP contribution in [0.4, 0.5) is 5.69 Å². The molecule has 0 aromatic heterocycles. The Morgan fingerprint density at radius 1 is 1.14 bits per heavy atom. The topological polar surface area (TPSA) is 50.4 Å². The minimum absolute atomic E-state index is 0.000495. The Hall–Kier alpha value is -2.33. The van der Waals surface area contributed by atoms with E-state index in [0.29, 0.717) is 5.75 Å². The fraction of sp³-hybridized carbons (Fsp3) is 0.278. The van der Waals surface area contributed by atoms with Crippen LogP contribution in [0.1, 0.15) is 18.1 Å². The van der Waals surface area contributed by atoms with Gasteiger partial charge < -0.3 is 15.4 Å². The fourth-order valence-electron chi connectivity index (χ4n) is 2.01. The molecule has 0 spiro atoms. The molecular weight excluding hydrogens is 276 g/mol. The fourth-order valence-corrected chi connectivity index (χ4v) is 2.01. The number of ether oxygens (including phenoxy) is 1. The molecule has 0 atom stereocenters. The molecule has 0 fully saturated rings. The second-order valence-electron chi connectivity index (χ2n) is 5.13. The number of nitrogens with one attached hydrogen (secondary N) is 2. The van der Waals surface area contributed by atoms with Crippen LogP contribution in [0.5, 0.6) is 5.75 Å². The zero-order valence-corrected chi connectivity index (χ0v) is 13.1. The standard InChI is InChI=1S/C18H22N2O2/c1-3-19-12-15-5-4-6-16(11-15)20-18(21)13-22-17-9-7-14(2)8-10-17/h4-11,19H,3,12-13H2,1-2H3,(H,20,21). The molecule has 1 amide bonds. The van der Waals surface area contributed by atoms with Gasteiger partial charge in [-0.3, -0.25) is 4.79 Å². The van der Waals surface area contributed by atoms with E-state index in [2.05, 4.69) is 17.6 Å². The van der Waals surface area contributed by atoms with Crippen molar-refractivity contribution in [3.8, 4) is 5.75 Å². The third kappa shape index (κ3) is 5.22. The average molecular weight is 298 g/mol. The molecule has 4 heteroatoms. The Labute approximate surface area is 131 Å². The third-order valence-corrected chi connectivity index (χ3v) is 3.18. The number of benzene rings is 2. The number of hydrogen-bond donors (Lipinski definition) is 2. The second kappa shape index (κ2) is 8.20. The quantitative estimate of drug-likeness (QED) is 0.825. The monoisotopic (exact) mass is 298 g/mol.